The normalized spacial score (nSPS) is 15.9. The van der Waals surface area contributed by atoms with Gasteiger partial charge in [-0.15, -0.1) is 0 Å². The number of fused-ring (bicyclic) bond motifs is 8. The Kier molecular flexibility index (Phi) is 8.04. The standard InChI is InChI=1S/C36H46N4O2/c1-9-21-23(11-3)27-19-31-35(13-5,14-6)33(41)29(39-31)18-30-34(42)36(15-7,16-8)32(40-30)20-28-24(12-4)22(10-2)26(38-28)17-25(21)37-27/h17-20,37-38H,9-16H2,1-8H3. The van der Waals surface area contributed by atoms with Crippen LogP contribution in [-0.4, -0.2) is 31.5 Å². The monoisotopic (exact) mass is 566 g/mol. The molecule has 0 atom stereocenters. The van der Waals surface area contributed by atoms with Crippen LogP contribution in [0.5, 0.6) is 0 Å². The average Bonchev–Trinajstić information content (AvgIpc) is 3.67. The molecular formula is C36H46N4O2. The highest BCUT2D eigenvalue weighted by molar-refractivity contribution is 6.09. The van der Waals surface area contributed by atoms with Crippen molar-refractivity contribution in [1.82, 2.24) is 19.9 Å². The van der Waals surface area contributed by atoms with Crippen LogP contribution in [0.3, 0.4) is 0 Å². The molecule has 222 valence electrons. The van der Waals surface area contributed by atoms with Crippen LogP contribution < -0.4 is 0 Å². The molecule has 0 radical (unpaired) electrons. The summed E-state index contributed by atoms with van der Waals surface area (Å²) in [5.41, 5.74) is 10.1. The van der Waals surface area contributed by atoms with Crippen LogP contribution >= 0.6 is 0 Å². The molecule has 0 saturated carbocycles. The third-order valence-corrected chi connectivity index (χ3v) is 10.3. The first kappa shape index (κ1) is 29.9. The molecule has 42 heavy (non-hydrogen) atoms. The Hall–Kier alpha value is -3.54. The lowest BCUT2D eigenvalue weighted by Gasteiger charge is -2.24. The predicted molar refractivity (Wildman–Crippen MR) is 172 cm³/mol. The smallest absolute Gasteiger partial charge is 0.193 e. The van der Waals surface area contributed by atoms with Gasteiger partial charge in [-0.1, -0.05) is 55.4 Å². The molecule has 0 amide bonds. The first-order chi connectivity index (χ1) is 20.2. The maximum atomic E-state index is 14.1. The number of carbonyl (C=O) groups is 2. The van der Waals surface area contributed by atoms with Crippen molar-refractivity contribution >= 4 is 33.6 Å². The molecule has 0 spiro atoms. The summed E-state index contributed by atoms with van der Waals surface area (Å²) in [5, 5.41) is 0. The van der Waals surface area contributed by atoms with Crippen LogP contribution in [0.2, 0.25) is 0 Å². The highest BCUT2D eigenvalue weighted by atomic mass is 16.1. The quantitative estimate of drug-likeness (QED) is 0.286. The molecule has 0 saturated heterocycles. The highest BCUT2D eigenvalue weighted by Crippen LogP contribution is 2.41. The van der Waals surface area contributed by atoms with Gasteiger partial charge in [0.2, 0.25) is 0 Å². The van der Waals surface area contributed by atoms with Crippen molar-refractivity contribution in [2.75, 3.05) is 0 Å². The Bertz CT molecular complexity index is 1590. The van der Waals surface area contributed by atoms with Crippen molar-refractivity contribution in [2.45, 2.75) is 118 Å². The second kappa shape index (κ2) is 11.3. The molecule has 2 aliphatic heterocycles. The largest absolute Gasteiger partial charge is 0.355 e. The molecule has 6 nitrogen and oxygen atoms in total. The van der Waals surface area contributed by atoms with Gasteiger partial charge in [0, 0.05) is 22.1 Å². The van der Waals surface area contributed by atoms with Crippen LogP contribution in [-0.2, 0) is 36.5 Å². The van der Waals surface area contributed by atoms with E-state index >= 15 is 0 Å². The van der Waals surface area contributed by atoms with E-state index in [4.69, 9.17) is 9.97 Å². The summed E-state index contributed by atoms with van der Waals surface area (Å²) < 4.78 is 0. The lowest BCUT2D eigenvalue weighted by Crippen LogP contribution is -2.31. The summed E-state index contributed by atoms with van der Waals surface area (Å²) in [6, 6.07) is 8.11. The third-order valence-electron chi connectivity index (χ3n) is 10.3. The zero-order valence-electron chi connectivity index (χ0n) is 26.7. The number of aromatic nitrogens is 4. The van der Waals surface area contributed by atoms with Crippen molar-refractivity contribution in [1.29, 1.82) is 0 Å². The van der Waals surface area contributed by atoms with Crippen LogP contribution in [0.25, 0.3) is 22.1 Å². The number of Topliss-reactive ketones (excluding diaryl/α,β-unsaturated/α-hetero) is 2. The van der Waals surface area contributed by atoms with Crippen molar-refractivity contribution in [3.63, 3.8) is 0 Å². The Morgan fingerprint density at radius 3 is 1.10 bits per heavy atom. The average molecular weight is 567 g/mol. The predicted octanol–water partition coefficient (Wildman–Crippen LogP) is 8.45. The molecular weight excluding hydrogens is 520 g/mol. The summed E-state index contributed by atoms with van der Waals surface area (Å²) in [7, 11) is 0. The van der Waals surface area contributed by atoms with Crippen LogP contribution in [0.4, 0.5) is 0 Å². The molecule has 2 aliphatic rings. The Labute approximate surface area is 249 Å². The highest BCUT2D eigenvalue weighted by Gasteiger charge is 2.46. The maximum absolute atomic E-state index is 14.1. The summed E-state index contributed by atoms with van der Waals surface area (Å²) in [4.78, 5) is 45.5. The van der Waals surface area contributed by atoms with E-state index in [0.29, 0.717) is 37.1 Å². The Morgan fingerprint density at radius 2 is 0.810 bits per heavy atom. The van der Waals surface area contributed by atoms with E-state index in [1.54, 1.807) is 6.07 Å². The number of ketones is 2. The van der Waals surface area contributed by atoms with E-state index in [0.717, 1.165) is 59.1 Å². The molecule has 0 unspecified atom stereocenters. The number of H-pyrrole nitrogens is 2. The molecule has 0 aliphatic carbocycles. The fourth-order valence-electron chi connectivity index (χ4n) is 7.60. The second-order valence-corrected chi connectivity index (χ2v) is 11.8. The van der Waals surface area contributed by atoms with Crippen molar-refractivity contribution in [3.05, 3.63) is 69.3 Å². The van der Waals surface area contributed by atoms with Crippen LogP contribution in [0, 0.1) is 0 Å². The minimum Gasteiger partial charge on any atom is -0.355 e. The van der Waals surface area contributed by atoms with Gasteiger partial charge in [0.05, 0.1) is 22.2 Å². The summed E-state index contributed by atoms with van der Waals surface area (Å²) in [6.45, 7) is 17.0. The number of rotatable bonds is 8. The van der Waals surface area contributed by atoms with Crippen molar-refractivity contribution in [2.24, 2.45) is 0 Å². The lowest BCUT2D eigenvalue weighted by atomic mass is 9.75. The van der Waals surface area contributed by atoms with Crippen molar-refractivity contribution < 1.29 is 9.59 Å². The van der Waals surface area contributed by atoms with Crippen LogP contribution in [0.1, 0.15) is 136 Å². The summed E-state index contributed by atoms with van der Waals surface area (Å²) in [6.07, 6.45) is 6.11. The van der Waals surface area contributed by atoms with E-state index < -0.39 is 10.8 Å². The minimum absolute atomic E-state index is 0.0175. The van der Waals surface area contributed by atoms with Crippen LogP contribution in [0.15, 0.2) is 24.3 Å². The molecule has 2 N–H and O–H groups in total. The van der Waals surface area contributed by atoms with Gasteiger partial charge in [0.1, 0.15) is 11.4 Å². The molecule has 5 rings (SSSR count). The van der Waals surface area contributed by atoms with Gasteiger partial charge in [-0.25, -0.2) is 9.97 Å². The number of nitrogens with one attached hydrogen (secondary N) is 2. The molecule has 3 aromatic rings. The fourth-order valence-corrected chi connectivity index (χ4v) is 7.60. The topological polar surface area (TPSA) is 91.5 Å². The maximum Gasteiger partial charge on any atom is 0.193 e. The van der Waals surface area contributed by atoms with Gasteiger partial charge >= 0.3 is 0 Å². The number of hydrogen-bond donors (Lipinski definition) is 2. The van der Waals surface area contributed by atoms with Gasteiger partial charge in [-0.3, -0.25) is 9.59 Å². The van der Waals surface area contributed by atoms with E-state index in [1.165, 1.54) is 22.3 Å². The summed E-state index contributed by atoms with van der Waals surface area (Å²) in [5.74, 6) is -0.0349. The van der Waals surface area contributed by atoms with Gasteiger partial charge in [0.25, 0.3) is 0 Å². The molecule has 0 fully saturated rings. The van der Waals surface area contributed by atoms with Gasteiger partial charge < -0.3 is 9.97 Å². The molecule has 5 heterocycles. The SMILES string of the molecule is CCc1c(CC)c2cc3[nH]c(cc4nc(cc5nc(cc1[nH]2)C(CC)(CC)C5=O)C(=O)C4(CC)CC)c(CC)c3CC. The Balaban J connectivity index is 2.04. The third kappa shape index (κ3) is 4.20. The zero-order chi connectivity index (χ0) is 30.4. The van der Waals surface area contributed by atoms with Gasteiger partial charge in [0.15, 0.2) is 11.6 Å². The zero-order valence-corrected chi connectivity index (χ0v) is 26.7. The summed E-state index contributed by atoms with van der Waals surface area (Å²) >= 11 is 0. The van der Waals surface area contributed by atoms with E-state index in [1.807, 2.05) is 0 Å². The first-order valence-electron chi connectivity index (χ1n) is 16.1. The lowest BCUT2D eigenvalue weighted by molar-refractivity contribution is 0.0885. The number of aromatic amines is 2. The van der Waals surface area contributed by atoms with Crippen molar-refractivity contribution in [3.8, 4) is 0 Å². The number of nitrogens with zero attached hydrogens (tertiary/aromatic N) is 2. The number of aryl methyl sites for hydroxylation is 4. The van der Waals surface area contributed by atoms with Gasteiger partial charge in [-0.2, -0.15) is 0 Å². The molecule has 3 aromatic heterocycles. The van der Waals surface area contributed by atoms with Gasteiger partial charge in [-0.05, 0) is 97.9 Å². The van der Waals surface area contributed by atoms with E-state index in [-0.39, 0.29) is 11.6 Å². The molecule has 6 heteroatoms. The van der Waals surface area contributed by atoms with E-state index in [9.17, 15) is 9.59 Å². The number of carbonyl (C=O) groups excluding carboxylic acids is 2. The molecule has 8 bridgehead atoms. The number of hydrogen-bond acceptors (Lipinski definition) is 4. The second-order valence-electron chi connectivity index (χ2n) is 11.8. The van der Waals surface area contributed by atoms with E-state index in [2.05, 4.69) is 83.6 Å². The molecule has 0 aromatic carbocycles. The minimum atomic E-state index is -0.723. The fraction of sp³-hybridized carbons (Fsp3) is 0.500. The first-order valence-corrected chi connectivity index (χ1v) is 16.1. The Morgan fingerprint density at radius 1 is 0.500 bits per heavy atom.